The van der Waals surface area contributed by atoms with Crippen LogP contribution in [0, 0.1) is 12.7 Å². The van der Waals surface area contributed by atoms with E-state index in [1.807, 2.05) is 0 Å². The van der Waals surface area contributed by atoms with Gasteiger partial charge in [0.1, 0.15) is 11.9 Å². The number of anilines is 3. The minimum absolute atomic E-state index is 0.0125. The Bertz CT molecular complexity index is 1060. The molecule has 0 bridgehead atoms. The number of nitrogens with one attached hydrogen (secondary N) is 2. The Kier molecular flexibility index (Phi) is 6.34. The second-order valence-corrected chi connectivity index (χ2v) is 6.72. The van der Waals surface area contributed by atoms with E-state index < -0.39 is 17.9 Å². The van der Waals surface area contributed by atoms with Crippen LogP contribution in [-0.4, -0.2) is 39.4 Å². The first-order valence-electron chi connectivity index (χ1n) is 8.70. The fourth-order valence-electron chi connectivity index (χ4n) is 2.65. The Morgan fingerprint density at radius 1 is 1.37 bits per heavy atom. The summed E-state index contributed by atoms with van der Waals surface area (Å²) in [4.78, 5) is 19.4. The molecule has 30 heavy (non-hydrogen) atoms. The summed E-state index contributed by atoms with van der Waals surface area (Å²) < 4.78 is 18.8. The molecule has 1 aromatic heterocycles. The number of aromatic nitrogens is 2. The minimum atomic E-state index is -1.15. The highest BCUT2D eigenvalue weighted by Crippen LogP contribution is 2.32. The number of phenols is 1. The Balaban J connectivity index is 1.82. The number of aliphatic hydroxyl groups excluding tert-OH is 1. The molecule has 0 amide bonds. The van der Waals surface area contributed by atoms with Gasteiger partial charge in [0.25, 0.3) is 0 Å². The van der Waals surface area contributed by atoms with Gasteiger partial charge in [0, 0.05) is 11.8 Å². The van der Waals surface area contributed by atoms with E-state index in [0.29, 0.717) is 16.8 Å². The number of allylic oxidation sites excluding steroid dienone is 2. The Hall–Kier alpha value is -3.43. The molecule has 0 fully saturated rings. The van der Waals surface area contributed by atoms with E-state index in [9.17, 15) is 19.4 Å². The molecular weight excluding hydrogens is 415 g/mol. The van der Waals surface area contributed by atoms with Gasteiger partial charge in [-0.25, -0.2) is 14.2 Å². The van der Waals surface area contributed by atoms with E-state index in [1.54, 1.807) is 31.2 Å². The molecule has 1 atom stereocenters. The lowest BCUT2D eigenvalue weighted by Gasteiger charge is -2.20. The molecule has 0 spiro atoms. The van der Waals surface area contributed by atoms with E-state index in [0.717, 1.165) is 12.3 Å². The van der Waals surface area contributed by atoms with Crippen molar-refractivity contribution in [2.45, 2.75) is 13.0 Å². The number of phenolic OH excluding ortho intramolecular Hbond substituents is 1. The molecule has 3 rings (SSSR count). The summed E-state index contributed by atoms with van der Waals surface area (Å²) in [5.74, 6) is -1.51. The number of aliphatic hydroxyl groups is 1. The van der Waals surface area contributed by atoms with E-state index in [4.69, 9.17) is 11.6 Å². The molecule has 0 saturated carbocycles. The number of esters is 1. The summed E-state index contributed by atoms with van der Waals surface area (Å²) in [6.45, 7) is 1.65. The van der Waals surface area contributed by atoms with E-state index in [2.05, 4.69) is 25.3 Å². The monoisotopic (exact) mass is 432 g/mol. The van der Waals surface area contributed by atoms with E-state index >= 15 is 0 Å². The summed E-state index contributed by atoms with van der Waals surface area (Å²) in [6, 6.07) is 3.01. The molecule has 1 heterocycles. The first-order valence-corrected chi connectivity index (χ1v) is 9.08. The lowest BCUT2D eigenvalue weighted by Crippen LogP contribution is -2.22. The van der Waals surface area contributed by atoms with Gasteiger partial charge in [-0.1, -0.05) is 23.8 Å². The van der Waals surface area contributed by atoms with Crippen LogP contribution in [-0.2, 0) is 9.53 Å². The van der Waals surface area contributed by atoms with Crippen LogP contribution in [0.3, 0.4) is 0 Å². The first kappa shape index (κ1) is 21.3. The van der Waals surface area contributed by atoms with Crippen molar-refractivity contribution in [1.29, 1.82) is 0 Å². The summed E-state index contributed by atoms with van der Waals surface area (Å²) in [5.41, 5.74) is 1.52. The number of halogens is 2. The van der Waals surface area contributed by atoms with Crippen LogP contribution in [0.1, 0.15) is 5.56 Å². The SMILES string of the molecule is COC(=O)C=C1C=CC=C(Nc2ncc(F)c(Nc3cc(C)c(O)c(Cl)c3)n2)C1O. The highest BCUT2D eigenvalue weighted by atomic mass is 35.5. The number of hydrogen-bond acceptors (Lipinski definition) is 8. The van der Waals surface area contributed by atoms with Crippen molar-refractivity contribution in [3.8, 4) is 5.75 Å². The summed E-state index contributed by atoms with van der Waals surface area (Å²) >= 11 is 5.95. The van der Waals surface area contributed by atoms with Gasteiger partial charge in [0.15, 0.2) is 11.6 Å². The summed E-state index contributed by atoms with van der Waals surface area (Å²) in [5, 5.41) is 25.9. The Morgan fingerprint density at radius 2 is 2.13 bits per heavy atom. The smallest absolute Gasteiger partial charge is 0.330 e. The van der Waals surface area contributed by atoms with E-state index in [-0.39, 0.29) is 28.2 Å². The predicted molar refractivity (Wildman–Crippen MR) is 110 cm³/mol. The number of benzene rings is 1. The van der Waals surface area contributed by atoms with Crippen LogP contribution in [0.2, 0.25) is 5.02 Å². The molecule has 0 aliphatic heterocycles. The maximum atomic E-state index is 14.2. The van der Waals surface area contributed by atoms with Gasteiger partial charge in [0.05, 0.1) is 24.0 Å². The third kappa shape index (κ3) is 4.76. The quantitative estimate of drug-likeness (QED) is 0.323. The van der Waals surface area contributed by atoms with Crippen molar-refractivity contribution in [3.63, 3.8) is 0 Å². The van der Waals surface area contributed by atoms with Crippen LogP contribution in [0.5, 0.6) is 5.75 Å². The van der Waals surface area contributed by atoms with Crippen LogP contribution in [0.25, 0.3) is 0 Å². The third-order valence-corrected chi connectivity index (χ3v) is 4.47. The van der Waals surface area contributed by atoms with Gasteiger partial charge >= 0.3 is 5.97 Å². The largest absolute Gasteiger partial charge is 0.506 e. The van der Waals surface area contributed by atoms with Gasteiger partial charge < -0.3 is 25.6 Å². The van der Waals surface area contributed by atoms with Gasteiger partial charge in [-0.05, 0) is 36.3 Å². The lowest BCUT2D eigenvalue weighted by atomic mass is 10.0. The highest BCUT2D eigenvalue weighted by Gasteiger charge is 2.20. The molecule has 10 heteroatoms. The number of carbonyl (C=O) groups excluding carboxylic acids is 1. The second-order valence-electron chi connectivity index (χ2n) is 6.31. The molecule has 156 valence electrons. The number of methoxy groups -OCH3 is 1. The molecule has 0 radical (unpaired) electrons. The fourth-order valence-corrected chi connectivity index (χ4v) is 2.91. The predicted octanol–water partition coefficient (Wildman–Crippen LogP) is 3.35. The maximum Gasteiger partial charge on any atom is 0.330 e. The first-order chi connectivity index (χ1) is 14.3. The maximum absolute atomic E-state index is 14.2. The topological polar surface area (TPSA) is 117 Å². The van der Waals surface area contributed by atoms with Crippen molar-refractivity contribution in [3.05, 3.63) is 70.3 Å². The average molecular weight is 433 g/mol. The zero-order valence-electron chi connectivity index (χ0n) is 16.0. The standard InChI is InChI=1S/C20H18ClFN4O4/c1-10-6-12(8-13(21)17(10)28)24-19-14(22)9-23-20(26-19)25-15-5-3-4-11(18(15)29)7-16(27)30-2/h3-9,18,28-29H,1-2H3,(H2,23,24,25,26). The molecule has 1 aliphatic carbocycles. The zero-order valence-corrected chi connectivity index (χ0v) is 16.7. The number of hydrogen-bond donors (Lipinski definition) is 4. The van der Waals surface area contributed by atoms with Crippen molar-refractivity contribution in [1.82, 2.24) is 9.97 Å². The molecule has 1 aromatic carbocycles. The fraction of sp³-hybridized carbons (Fsp3) is 0.150. The number of aryl methyl sites for hydroxylation is 1. The van der Waals surface area contributed by atoms with Crippen LogP contribution < -0.4 is 10.6 Å². The zero-order chi connectivity index (χ0) is 21.8. The normalized spacial score (nSPS) is 16.9. The number of aromatic hydroxyl groups is 1. The average Bonchev–Trinajstić information content (AvgIpc) is 2.71. The van der Waals surface area contributed by atoms with Crippen molar-refractivity contribution in [2.24, 2.45) is 0 Å². The molecule has 4 N–H and O–H groups in total. The summed E-state index contributed by atoms with van der Waals surface area (Å²) in [7, 11) is 1.23. The van der Waals surface area contributed by atoms with Gasteiger partial charge in [0.2, 0.25) is 5.95 Å². The van der Waals surface area contributed by atoms with E-state index in [1.165, 1.54) is 13.2 Å². The third-order valence-electron chi connectivity index (χ3n) is 4.18. The van der Waals surface area contributed by atoms with Crippen LogP contribution in [0.15, 0.2) is 53.9 Å². The molecular formula is C20H18ClFN4O4. The van der Waals surface area contributed by atoms with Crippen molar-refractivity contribution in [2.75, 3.05) is 17.7 Å². The number of nitrogens with zero attached hydrogens (tertiary/aromatic N) is 2. The number of ether oxygens (including phenoxy) is 1. The lowest BCUT2D eigenvalue weighted by molar-refractivity contribution is -0.134. The second kappa shape index (κ2) is 8.93. The molecule has 1 aliphatic rings. The van der Waals surface area contributed by atoms with Gasteiger partial charge in [-0.3, -0.25) is 0 Å². The molecule has 2 aromatic rings. The Morgan fingerprint density at radius 3 is 2.83 bits per heavy atom. The molecule has 0 saturated heterocycles. The van der Waals surface area contributed by atoms with Crippen LogP contribution in [0.4, 0.5) is 21.8 Å². The molecule has 1 unspecified atom stereocenters. The van der Waals surface area contributed by atoms with Crippen LogP contribution >= 0.6 is 11.6 Å². The minimum Gasteiger partial charge on any atom is -0.506 e. The number of rotatable bonds is 5. The Labute approximate surface area is 176 Å². The number of carbonyl (C=O) groups is 1. The van der Waals surface area contributed by atoms with Gasteiger partial charge in [-0.2, -0.15) is 4.98 Å². The summed E-state index contributed by atoms with van der Waals surface area (Å²) in [6.07, 6.45) is 5.71. The van der Waals surface area contributed by atoms with Crippen molar-refractivity contribution < 1.29 is 24.1 Å². The van der Waals surface area contributed by atoms with Crippen molar-refractivity contribution >= 4 is 35.0 Å². The highest BCUT2D eigenvalue weighted by molar-refractivity contribution is 6.32. The molecule has 8 nitrogen and oxygen atoms in total. The van der Waals surface area contributed by atoms with Gasteiger partial charge in [-0.15, -0.1) is 0 Å².